The first-order chi connectivity index (χ1) is 8.12. The monoisotopic (exact) mass is 264 g/mol. The maximum Gasteiger partial charge on any atom is 0.335 e. The number of rotatable bonds is 2. The fourth-order valence-corrected chi connectivity index (χ4v) is 1.60. The summed E-state index contributed by atoms with van der Waals surface area (Å²) in [6.07, 6.45) is -10.3. The first kappa shape index (κ1) is 15.0. The van der Waals surface area contributed by atoms with Crippen LogP contribution in [0.3, 0.4) is 0 Å². The van der Waals surface area contributed by atoms with Crippen molar-refractivity contribution in [3.05, 3.63) is 12.2 Å². The van der Waals surface area contributed by atoms with E-state index in [9.17, 15) is 35.4 Å². The molecule has 18 heavy (non-hydrogen) atoms. The van der Waals surface area contributed by atoms with Gasteiger partial charge in [-0.3, -0.25) is 0 Å². The molecule has 8 nitrogen and oxygen atoms in total. The Kier molecular flexibility index (Phi) is 4.11. The van der Waals surface area contributed by atoms with Crippen LogP contribution in [0.15, 0.2) is 12.2 Å². The fourth-order valence-electron chi connectivity index (χ4n) is 1.60. The van der Waals surface area contributed by atoms with Gasteiger partial charge in [0, 0.05) is 5.57 Å². The molecule has 0 heterocycles. The van der Waals surface area contributed by atoms with E-state index < -0.39 is 42.3 Å². The molecule has 1 fully saturated rings. The normalized spacial score (nSPS) is 44.5. The Morgan fingerprint density at radius 1 is 1.06 bits per heavy atom. The van der Waals surface area contributed by atoms with Gasteiger partial charge in [0.25, 0.3) is 5.79 Å². The van der Waals surface area contributed by atoms with Crippen LogP contribution in [-0.4, -0.2) is 72.9 Å². The molecule has 1 saturated carbocycles. The molecule has 0 aromatic rings. The second-order valence-corrected chi connectivity index (χ2v) is 4.28. The van der Waals surface area contributed by atoms with Gasteiger partial charge in [0.15, 0.2) is 12.2 Å². The quantitative estimate of drug-likeness (QED) is 0.172. The summed E-state index contributed by atoms with van der Waals surface area (Å²) >= 11 is 0. The number of carbonyl (C=O) groups excluding carboxylic acids is 1. The summed E-state index contributed by atoms with van der Waals surface area (Å²) in [4.78, 5) is 11.3. The van der Waals surface area contributed by atoms with Crippen LogP contribution < -0.4 is 0 Å². The van der Waals surface area contributed by atoms with Crippen molar-refractivity contribution >= 4 is 5.97 Å². The third-order valence-electron chi connectivity index (χ3n) is 2.80. The van der Waals surface area contributed by atoms with Crippen molar-refractivity contribution in [2.24, 2.45) is 0 Å². The highest BCUT2D eigenvalue weighted by Crippen LogP contribution is 2.31. The zero-order valence-corrected chi connectivity index (χ0v) is 9.59. The molecule has 0 bridgehead atoms. The van der Waals surface area contributed by atoms with E-state index in [2.05, 4.69) is 11.3 Å². The third kappa shape index (κ3) is 2.26. The molecule has 0 aromatic heterocycles. The molecule has 0 unspecified atom stereocenters. The lowest BCUT2D eigenvalue weighted by Gasteiger charge is -2.46. The van der Waals surface area contributed by atoms with Crippen molar-refractivity contribution in [3.63, 3.8) is 0 Å². The summed E-state index contributed by atoms with van der Waals surface area (Å²) in [6.45, 7) is 4.49. The lowest BCUT2D eigenvalue weighted by molar-refractivity contribution is -0.346. The van der Waals surface area contributed by atoms with Crippen LogP contribution in [0.1, 0.15) is 6.92 Å². The summed E-state index contributed by atoms with van der Waals surface area (Å²) in [7, 11) is 0. The van der Waals surface area contributed by atoms with Crippen LogP contribution in [0, 0.1) is 0 Å². The second-order valence-electron chi connectivity index (χ2n) is 4.28. The Morgan fingerprint density at radius 2 is 1.44 bits per heavy atom. The van der Waals surface area contributed by atoms with Gasteiger partial charge in [-0.2, -0.15) is 0 Å². The minimum absolute atomic E-state index is 0.127. The molecule has 6 atom stereocenters. The average molecular weight is 264 g/mol. The first-order valence-electron chi connectivity index (χ1n) is 5.14. The van der Waals surface area contributed by atoms with Gasteiger partial charge in [-0.15, -0.1) is 0 Å². The highest BCUT2D eigenvalue weighted by Gasteiger charge is 2.60. The van der Waals surface area contributed by atoms with Gasteiger partial charge in [0.05, 0.1) is 0 Å². The number of esters is 1. The molecule has 0 spiro atoms. The van der Waals surface area contributed by atoms with E-state index in [0.29, 0.717) is 0 Å². The molecule has 0 aromatic carbocycles. The minimum atomic E-state index is -2.94. The van der Waals surface area contributed by atoms with Crippen LogP contribution in [0.5, 0.6) is 0 Å². The Labute approximate surface area is 102 Å². The number of ether oxygens (including phenoxy) is 1. The van der Waals surface area contributed by atoms with Crippen LogP contribution in [0.25, 0.3) is 0 Å². The van der Waals surface area contributed by atoms with Crippen molar-refractivity contribution in [1.29, 1.82) is 0 Å². The SMILES string of the molecule is C=C(C)C(=O)O[C@]1(O)[C@H](O)[C@H](O)[C@@H](O)[C@H](O)[C@H]1O. The van der Waals surface area contributed by atoms with Crippen molar-refractivity contribution in [2.45, 2.75) is 43.2 Å². The van der Waals surface area contributed by atoms with Crippen LogP contribution in [0.4, 0.5) is 0 Å². The molecule has 0 radical (unpaired) electrons. The van der Waals surface area contributed by atoms with E-state index in [4.69, 9.17) is 0 Å². The highest BCUT2D eigenvalue weighted by atomic mass is 16.7. The Hall–Kier alpha value is -1.03. The Bertz CT molecular complexity index is 338. The molecule has 0 saturated heterocycles. The standard InChI is InChI=1S/C10H16O8/c1-3(2)9(16)18-10(17)7(14)5(12)4(11)6(13)8(10)15/h4-8,11-15,17H,1H2,2H3/t4-,5-,6+,7-,8-,10-/m1/s1. The molecule has 0 amide bonds. The van der Waals surface area contributed by atoms with Gasteiger partial charge in [0.2, 0.25) is 0 Å². The number of aliphatic hydroxyl groups is 6. The topological polar surface area (TPSA) is 148 Å². The maximum atomic E-state index is 11.3. The largest absolute Gasteiger partial charge is 0.424 e. The van der Waals surface area contributed by atoms with Crippen LogP contribution >= 0.6 is 0 Å². The summed E-state index contributed by atoms with van der Waals surface area (Å²) in [6, 6.07) is 0. The summed E-state index contributed by atoms with van der Waals surface area (Å²) in [5.41, 5.74) is -0.127. The zero-order valence-electron chi connectivity index (χ0n) is 9.59. The van der Waals surface area contributed by atoms with E-state index in [1.807, 2.05) is 0 Å². The zero-order chi connectivity index (χ0) is 14.2. The minimum Gasteiger partial charge on any atom is -0.424 e. The van der Waals surface area contributed by atoms with Gasteiger partial charge in [-0.25, -0.2) is 4.79 Å². The van der Waals surface area contributed by atoms with E-state index in [1.165, 1.54) is 6.92 Å². The average Bonchev–Trinajstić information content (AvgIpc) is 2.32. The van der Waals surface area contributed by atoms with Crippen LogP contribution in [0.2, 0.25) is 0 Å². The number of carbonyl (C=O) groups is 1. The van der Waals surface area contributed by atoms with Crippen LogP contribution in [-0.2, 0) is 9.53 Å². The smallest absolute Gasteiger partial charge is 0.335 e. The lowest BCUT2D eigenvalue weighted by Crippen LogP contribution is -2.72. The fraction of sp³-hybridized carbons (Fsp3) is 0.700. The van der Waals surface area contributed by atoms with E-state index in [-0.39, 0.29) is 5.57 Å². The second kappa shape index (κ2) is 4.92. The van der Waals surface area contributed by atoms with Crippen molar-refractivity contribution in [1.82, 2.24) is 0 Å². The molecular formula is C10H16O8. The molecule has 8 heteroatoms. The van der Waals surface area contributed by atoms with Gasteiger partial charge in [-0.1, -0.05) is 6.58 Å². The first-order valence-corrected chi connectivity index (χ1v) is 5.14. The number of aliphatic hydroxyl groups excluding tert-OH is 5. The molecule has 0 aliphatic heterocycles. The van der Waals surface area contributed by atoms with Crippen molar-refractivity contribution in [3.8, 4) is 0 Å². The van der Waals surface area contributed by atoms with Gasteiger partial charge < -0.3 is 35.4 Å². The maximum absolute atomic E-state index is 11.3. The highest BCUT2D eigenvalue weighted by molar-refractivity contribution is 5.87. The molecule has 1 rings (SSSR count). The Morgan fingerprint density at radius 3 is 1.78 bits per heavy atom. The Balaban J connectivity index is 3.03. The van der Waals surface area contributed by atoms with Gasteiger partial charge in [0.1, 0.15) is 18.3 Å². The number of hydrogen-bond donors (Lipinski definition) is 6. The van der Waals surface area contributed by atoms with Crippen molar-refractivity contribution in [2.75, 3.05) is 0 Å². The van der Waals surface area contributed by atoms with Crippen molar-refractivity contribution < 1.29 is 40.2 Å². The summed E-state index contributed by atoms with van der Waals surface area (Å²) in [5, 5.41) is 57.0. The predicted molar refractivity (Wildman–Crippen MR) is 55.9 cm³/mol. The molecule has 6 N–H and O–H groups in total. The molecule has 1 aliphatic rings. The van der Waals surface area contributed by atoms with E-state index in [1.54, 1.807) is 0 Å². The third-order valence-corrected chi connectivity index (χ3v) is 2.80. The predicted octanol–water partition coefficient (Wildman–Crippen LogP) is -3.39. The summed E-state index contributed by atoms with van der Waals surface area (Å²) < 4.78 is 4.44. The van der Waals surface area contributed by atoms with Gasteiger partial charge in [-0.05, 0) is 6.92 Å². The molecule has 1 aliphatic carbocycles. The molecular weight excluding hydrogens is 248 g/mol. The number of hydrogen-bond acceptors (Lipinski definition) is 8. The molecule has 104 valence electrons. The van der Waals surface area contributed by atoms with E-state index in [0.717, 1.165) is 0 Å². The van der Waals surface area contributed by atoms with Gasteiger partial charge >= 0.3 is 5.97 Å². The van der Waals surface area contributed by atoms with E-state index >= 15 is 0 Å². The lowest BCUT2D eigenvalue weighted by atomic mass is 9.82. The summed E-state index contributed by atoms with van der Waals surface area (Å²) in [5.74, 6) is -4.07.